The van der Waals surface area contributed by atoms with E-state index in [-0.39, 0.29) is 5.54 Å². The smallest absolute Gasteiger partial charge is 0.00989 e. The van der Waals surface area contributed by atoms with Crippen LogP contribution < -0.4 is 5.32 Å². The Kier molecular flexibility index (Phi) is 4.44. The van der Waals surface area contributed by atoms with E-state index in [9.17, 15) is 0 Å². The molecule has 0 aromatic rings. The molecule has 0 bridgehead atoms. The molecule has 0 aliphatic heterocycles. The highest BCUT2D eigenvalue weighted by Crippen LogP contribution is 2.26. The maximum absolute atomic E-state index is 3.61. The fourth-order valence-electron chi connectivity index (χ4n) is 1.76. The molecule has 1 heteroatoms. The SMILES string of the molecule is CCC(C)(C)CC(C)NC(C)(C)C. The lowest BCUT2D eigenvalue weighted by Crippen LogP contribution is -2.43. The van der Waals surface area contributed by atoms with Gasteiger partial charge in [-0.3, -0.25) is 0 Å². The highest BCUT2D eigenvalue weighted by atomic mass is 15.0. The molecule has 80 valence electrons. The first-order valence-corrected chi connectivity index (χ1v) is 5.44. The van der Waals surface area contributed by atoms with Crippen molar-refractivity contribution in [1.29, 1.82) is 0 Å². The Bertz CT molecular complexity index is 142. The second-order valence-corrected chi connectivity index (χ2v) is 6.02. The van der Waals surface area contributed by atoms with Gasteiger partial charge in [-0.05, 0) is 39.5 Å². The van der Waals surface area contributed by atoms with Crippen LogP contribution in [0, 0.1) is 5.41 Å². The molecule has 0 fully saturated rings. The molecular formula is C12H27N. The van der Waals surface area contributed by atoms with Crippen LogP contribution in [-0.2, 0) is 0 Å². The van der Waals surface area contributed by atoms with Gasteiger partial charge >= 0.3 is 0 Å². The van der Waals surface area contributed by atoms with Crippen molar-refractivity contribution >= 4 is 0 Å². The first kappa shape index (κ1) is 13.0. The van der Waals surface area contributed by atoms with Crippen molar-refractivity contribution < 1.29 is 0 Å². The van der Waals surface area contributed by atoms with Gasteiger partial charge in [-0.25, -0.2) is 0 Å². The van der Waals surface area contributed by atoms with Gasteiger partial charge in [-0.1, -0.05) is 27.2 Å². The van der Waals surface area contributed by atoms with E-state index < -0.39 is 0 Å². The molecule has 0 aliphatic rings. The van der Waals surface area contributed by atoms with Gasteiger partial charge in [0.15, 0.2) is 0 Å². The Balaban J connectivity index is 3.94. The van der Waals surface area contributed by atoms with Crippen molar-refractivity contribution in [3.05, 3.63) is 0 Å². The monoisotopic (exact) mass is 185 g/mol. The van der Waals surface area contributed by atoms with Crippen molar-refractivity contribution in [2.45, 2.75) is 72.9 Å². The van der Waals surface area contributed by atoms with Crippen LogP contribution in [0.5, 0.6) is 0 Å². The van der Waals surface area contributed by atoms with Crippen LogP contribution in [0.25, 0.3) is 0 Å². The molecule has 0 aromatic heterocycles. The van der Waals surface area contributed by atoms with Gasteiger partial charge in [0.25, 0.3) is 0 Å². The average molecular weight is 185 g/mol. The Morgan fingerprint density at radius 1 is 1.08 bits per heavy atom. The third-order valence-electron chi connectivity index (χ3n) is 2.50. The predicted octanol–water partition coefficient (Wildman–Crippen LogP) is 3.59. The third-order valence-corrected chi connectivity index (χ3v) is 2.50. The van der Waals surface area contributed by atoms with E-state index >= 15 is 0 Å². The van der Waals surface area contributed by atoms with Crippen LogP contribution in [-0.4, -0.2) is 11.6 Å². The molecule has 1 N–H and O–H groups in total. The van der Waals surface area contributed by atoms with Crippen molar-refractivity contribution in [2.75, 3.05) is 0 Å². The minimum Gasteiger partial charge on any atom is -0.310 e. The van der Waals surface area contributed by atoms with E-state index in [4.69, 9.17) is 0 Å². The lowest BCUT2D eigenvalue weighted by Gasteiger charge is -2.32. The molecule has 0 radical (unpaired) electrons. The summed E-state index contributed by atoms with van der Waals surface area (Å²) in [4.78, 5) is 0. The zero-order valence-electron chi connectivity index (χ0n) is 10.5. The summed E-state index contributed by atoms with van der Waals surface area (Å²) in [6, 6.07) is 0.606. The molecule has 0 saturated heterocycles. The summed E-state index contributed by atoms with van der Waals surface area (Å²) in [6.45, 7) is 15.9. The van der Waals surface area contributed by atoms with Crippen LogP contribution >= 0.6 is 0 Å². The number of nitrogens with one attached hydrogen (secondary N) is 1. The molecular weight excluding hydrogens is 158 g/mol. The molecule has 1 nitrogen and oxygen atoms in total. The Labute approximate surface area is 84.3 Å². The number of rotatable bonds is 4. The van der Waals surface area contributed by atoms with Gasteiger partial charge in [0, 0.05) is 11.6 Å². The Hall–Kier alpha value is -0.0400. The first-order chi connectivity index (χ1) is 5.66. The summed E-state index contributed by atoms with van der Waals surface area (Å²) >= 11 is 0. The molecule has 0 saturated carbocycles. The van der Waals surface area contributed by atoms with Crippen molar-refractivity contribution in [1.82, 2.24) is 5.32 Å². The standard InChI is InChI=1S/C12H27N/c1-8-12(6,7)9-10(2)13-11(3,4)5/h10,13H,8-9H2,1-7H3. The zero-order chi connectivity index (χ0) is 10.7. The summed E-state index contributed by atoms with van der Waals surface area (Å²) in [5.74, 6) is 0. The van der Waals surface area contributed by atoms with E-state index in [2.05, 4.69) is 53.8 Å². The minimum atomic E-state index is 0.239. The van der Waals surface area contributed by atoms with Crippen molar-refractivity contribution in [2.24, 2.45) is 5.41 Å². The molecule has 13 heavy (non-hydrogen) atoms. The van der Waals surface area contributed by atoms with E-state index in [0.717, 1.165) is 0 Å². The largest absolute Gasteiger partial charge is 0.310 e. The third kappa shape index (κ3) is 7.06. The normalized spacial score (nSPS) is 15.9. The Morgan fingerprint density at radius 3 is 1.85 bits per heavy atom. The second-order valence-electron chi connectivity index (χ2n) is 6.02. The van der Waals surface area contributed by atoms with Crippen molar-refractivity contribution in [3.63, 3.8) is 0 Å². The molecule has 0 heterocycles. The highest BCUT2D eigenvalue weighted by Gasteiger charge is 2.21. The van der Waals surface area contributed by atoms with Gasteiger partial charge in [0.2, 0.25) is 0 Å². The quantitative estimate of drug-likeness (QED) is 0.706. The molecule has 0 aromatic carbocycles. The van der Waals surface area contributed by atoms with Crippen LogP contribution in [0.2, 0.25) is 0 Å². The van der Waals surface area contributed by atoms with Gasteiger partial charge in [-0.2, -0.15) is 0 Å². The number of hydrogen-bond donors (Lipinski definition) is 1. The molecule has 1 unspecified atom stereocenters. The minimum absolute atomic E-state index is 0.239. The summed E-state index contributed by atoms with van der Waals surface area (Å²) < 4.78 is 0. The van der Waals surface area contributed by atoms with Crippen molar-refractivity contribution in [3.8, 4) is 0 Å². The van der Waals surface area contributed by atoms with Crippen LogP contribution in [0.1, 0.15) is 61.3 Å². The van der Waals surface area contributed by atoms with E-state index in [1.807, 2.05) is 0 Å². The molecule has 0 aliphatic carbocycles. The summed E-state index contributed by atoms with van der Waals surface area (Å²) in [5, 5.41) is 3.61. The first-order valence-electron chi connectivity index (χ1n) is 5.44. The molecule has 0 spiro atoms. The lowest BCUT2D eigenvalue weighted by atomic mass is 9.83. The van der Waals surface area contributed by atoms with Gasteiger partial charge in [0.1, 0.15) is 0 Å². The predicted molar refractivity (Wildman–Crippen MR) is 61.0 cm³/mol. The topological polar surface area (TPSA) is 12.0 Å². The van der Waals surface area contributed by atoms with E-state index in [0.29, 0.717) is 11.5 Å². The van der Waals surface area contributed by atoms with Crippen LogP contribution in [0.3, 0.4) is 0 Å². The maximum Gasteiger partial charge on any atom is 0.00989 e. The fourth-order valence-corrected chi connectivity index (χ4v) is 1.76. The van der Waals surface area contributed by atoms with Gasteiger partial charge in [0.05, 0.1) is 0 Å². The zero-order valence-corrected chi connectivity index (χ0v) is 10.5. The number of hydrogen-bond acceptors (Lipinski definition) is 1. The van der Waals surface area contributed by atoms with E-state index in [1.165, 1.54) is 12.8 Å². The van der Waals surface area contributed by atoms with E-state index in [1.54, 1.807) is 0 Å². The summed E-state index contributed by atoms with van der Waals surface area (Å²) in [5.41, 5.74) is 0.709. The van der Waals surface area contributed by atoms with Crippen LogP contribution in [0.15, 0.2) is 0 Å². The summed E-state index contributed by atoms with van der Waals surface area (Å²) in [7, 11) is 0. The fraction of sp³-hybridized carbons (Fsp3) is 1.00. The van der Waals surface area contributed by atoms with Crippen LogP contribution in [0.4, 0.5) is 0 Å². The molecule has 1 atom stereocenters. The lowest BCUT2D eigenvalue weighted by molar-refractivity contribution is 0.250. The highest BCUT2D eigenvalue weighted by molar-refractivity contribution is 4.79. The van der Waals surface area contributed by atoms with Gasteiger partial charge in [-0.15, -0.1) is 0 Å². The summed E-state index contributed by atoms with van der Waals surface area (Å²) in [6.07, 6.45) is 2.50. The second kappa shape index (κ2) is 4.45. The Morgan fingerprint density at radius 2 is 1.54 bits per heavy atom. The average Bonchev–Trinajstić information content (AvgIpc) is 1.81. The maximum atomic E-state index is 3.61. The molecule has 0 amide bonds. The van der Waals surface area contributed by atoms with Gasteiger partial charge < -0.3 is 5.32 Å². The molecule has 0 rings (SSSR count).